The van der Waals surface area contributed by atoms with E-state index in [1.54, 1.807) is 6.92 Å². The highest BCUT2D eigenvalue weighted by Crippen LogP contribution is 1.89. The van der Waals surface area contributed by atoms with E-state index in [2.05, 4.69) is 16.2 Å². The van der Waals surface area contributed by atoms with Crippen LogP contribution in [0, 0.1) is 0 Å². The number of aliphatic carboxylic acids is 1. The van der Waals surface area contributed by atoms with E-state index < -0.39 is 5.97 Å². The van der Waals surface area contributed by atoms with Crippen molar-refractivity contribution in [3.63, 3.8) is 0 Å². The minimum atomic E-state index is -0.897. The number of hydrazone groups is 1. The molecule has 0 aromatic heterocycles. The van der Waals surface area contributed by atoms with Gasteiger partial charge in [0.1, 0.15) is 12.4 Å². The van der Waals surface area contributed by atoms with Gasteiger partial charge in [0.15, 0.2) is 0 Å². The standard InChI is InChI=1S/C4H8N4O2/c1-3-5-6-7-8(3)2-4(9)10/h6-7H,2H2,1H3,(H,9,10). The number of amidine groups is 1. The molecule has 0 radical (unpaired) electrons. The van der Waals surface area contributed by atoms with E-state index >= 15 is 0 Å². The van der Waals surface area contributed by atoms with Gasteiger partial charge in [0.2, 0.25) is 0 Å². The van der Waals surface area contributed by atoms with Crippen molar-refractivity contribution in [2.75, 3.05) is 6.54 Å². The third-order valence-electron chi connectivity index (χ3n) is 1.09. The highest BCUT2D eigenvalue weighted by molar-refractivity contribution is 5.83. The first kappa shape index (κ1) is 6.81. The summed E-state index contributed by atoms with van der Waals surface area (Å²) in [5.74, 6) is -0.284. The molecule has 0 fully saturated rings. The quantitative estimate of drug-likeness (QED) is 0.450. The largest absolute Gasteiger partial charge is 0.480 e. The fourth-order valence-electron chi connectivity index (χ4n) is 0.597. The van der Waals surface area contributed by atoms with Crippen molar-refractivity contribution in [2.45, 2.75) is 6.92 Å². The Kier molecular flexibility index (Phi) is 1.72. The summed E-state index contributed by atoms with van der Waals surface area (Å²) in [5.41, 5.74) is 4.96. The van der Waals surface area contributed by atoms with Crippen molar-refractivity contribution in [3.8, 4) is 0 Å². The summed E-state index contributed by atoms with van der Waals surface area (Å²) in [6, 6.07) is 0. The van der Waals surface area contributed by atoms with Gasteiger partial charge in [-0.1, -0.05) is 0 Å². The highest BCUT2D eigenvalue weighted by Gasteiger charge is 2.14. The van der Waals surface area contributed by atoms with Gasteiger partial charge in [0, 0.05) is 0 Å². The van der Waals surface area contributed by atoms with Crippen LogP contribution in [-0.2, 0) is 4.79 Å². The third-order valence-corrected chi connectivity index (χ3v) is 1.09. The van der Waals surface area contributed by atoms with Crippen LogP contribution in [0.5, 0.6) is 0 Å². The molecule has 1 rings (SSSR count). The Labute approximate surface area is 57.4 Å². The van der Waals surface area contributed by atoms with Crippen LogP contribution >= 0.6 is 0 Å². The lowest BCUT2D eigenvalue weighted by Gasteiger charge is -2.12. The number of rotatable bonds is 2. The number of carboxylic acid groups (broad SMARTS) is 1. The van der Waals surface area contributed by atoms with Crippen molar-refractivity contribution < 1.29 is 9.90 Å². The zero-order valence-corrected chi connectivity index (χ0v) is 5.46. The Balaban J connectivity index is 2.43. The monoisotopic (exact) mass is 144 g/mol. The number of carboxylic acids is 1. The van der Waals surface area contributed by atoms with Crippen molar-refractivity contribution >= 4 is 11.8 Å². The molecule has 1 aliphatic heterocycles. The van der Waals surface area contributed by atoms with E-state index in [0.717, 1.165) is 0 Å². The van der Waals surface area contributed by atoms with Gasteiger partial charge >= 0.3 is 5.97 Å². The molecular formula is C4H8N4O2. The smallest absolute Gasteiger partial charge is 0.324 e. The summed E-state index contributed by atoms with van der Waals surface area (Å²) < 4.78 is 0. The molecule has 0 aromatic rings. The number of hydrogen-bond donors (Lipinski definition) is 3. The normalized spacial score (nSPS) is 16.5. The van der Waals surface area contributed by atoms with E-state index in [9.17, 15) is 4.79 Å². The molecule has 1 heterocycles. The van der Waals surface area contributed by atoms with Crippen LogP contribution < -0.4 is 11.1 Å². The first-order chi connectivity index (χ1) is 4.70. The van der Waals surface area contributed by atoms with Crippen molar-refractivity contribution in [1.82, 2.24) is 16.1 Å². The summed E-state index contributed by atoms with van der Waals surface area (Å²) in [6.45, 7) is 1.61. The summed E-state index contributed by atoms with van der Waals surface area (Å²) in [7, 11) is 0. The SMILES string of the molecule is CC1=NNNN1CC(=O)O. The van der Waals surface area contributed by atoms with Gasteiger partial charge < -0.3 is 5.11 Å². The van der Waals surface area contributed by atoms with Crippen LogP contribution in [0.4, 0.5) is 0 Å². The second-order valence-corrected chi connectivity index (χ2v) is 1.86. The summed E-state index contributed by atoms with van der Waals surface area (Å²) >= 11 is 0. The molecule has 0 aliphatic carbocycles. The van der Waals surface area contributed by atoms with Gasteiger partial charge in [0.25, 0.3) is 0 Å². The van der Waals surface area contributed by atoms with Crippen LogP contribution in [0.25, 0.3) is 0 Å². The molecule has 0 atom stereocenters. The van der Waals surface area contributed by atoms with E-state index in [1.165, 1.54) is 5.01 Å². The highest BCUT2D eigenvalue weighted by atomic mass is 16.4. The van der Waals surface area contributed by atoms with Gasteiger partial charge in [-0.3, -0.25) is 9.80 Å². The molecular weight excluding hydrogens is 136 g/mol. The Morgan fingerprint density at radius 3 is 3.00 bits per heavy atom. The molecule has 10 heavy (non-hydrogen) atoms. The molecule has 0 bridgehead atoms. The van der Waals surface area contributed by atoms with Crippen LogP contribution in [0.1, 0.15) is 6.92 Å². The number of carbonyl (C=O) groups is 1. The van der Waals surface area contributed by atoms with Gasteiger partial charge in [-0.2, -0.15) is 0 Å². The van der Waals surface area contributed by atoms with Gasteiger partial charge in [-0.05, 0) is 6.92 Å². The summed E-state index contributed by atoms with van der Waals surface area (Å²) in [6.07, 6.45) is 0. The Hall–Kier alpha value is -1.30. The van der Waals surface area contributed by atoms with Crippen molar-refractivity contribution in [3.05, 3.63) is 0 Å². The molecule has 6 nitrogen and oxygen atoms in total. The molecule has 0 aromatic carbocycles. The second-order valence-electron chi connectivity index (χ2n) is 1.86. The number of hydrazine groups is 2. The van der Waals surface area contributed by atoms with Crippen LogP contribution in [0.3, 0.4) is 0 Å². The maximum Gasteiger partial charge on any atom is 0.324 e. The fraction of sp³-hybridized carbons (Fsp3) is 0.500. The van der Waals surface area contributed by atoms with E-state index in [4.69, 9.17) is 5.11 Å². The molecule has 1 aliphatic rings. The average molecular weight is 144 g/mol. The predicted molar refractivity (Wildman–Crippen MR) is 33.7 cm³/mol. The first-order valence-electron chi connectivity index (χ1n) is 2.74. The number of nitrogens with zero attached hydrogens (tertiary/aromatic N) is 2. The zero-order valence-electron chi connectivity index (χ0n) is 5.46. The summed E-state index contributed by atoms with van der Waals surface area (Å²) in [5, 5.41) is 13.4. The fourth-order valence-corrected chi connectivity index (χ4v) is 0.597. The predicted octanol–water partition coefficient (Wildman–Crippen LogP) is -1.27. The second kappa shape index (κ2) is 2.53. The molecule has 0 amide bonds. The molecule has 0 saturated heterocycles. The lowest BCUT2D eigenvalue weighted by atomic mass is 10.5. The van der Waals surface area contributed by atoms with Crippen molar-refractivity contribution in [1.29, 1.82) is 0 Å². The topological polar surface area (TPSA) is 77.0 Å². The average Bonchev–Trinajstić information content (AvgIpc) is 2.15. The Morgan fingerprint density at radius 1 is 1.90 bits per heavy atom. The number of hydrogen-bond acceptors (Lipinski definition) is 5. The number of nitrogens with one attached hydrogen (secondary N) is 2. The maximum atomic E-state index is 10.1. The van der Waals surface area contributed by atoms with Crippen molar-refractivity contribution in [2.24, 2.45) is 5.10 Å². The molecule has 6 heteroatoms. The van der Waals surface area contributed by atoms with E-state index in [0.29, 0.717) is 5.84 Å². The Morgan fingerprint density at radius 2 is 2.60 bits per heavy atom. The summed E-state index contributed by atoms with van der Waals surface area (Å²) in [4.78, 5) is 10.1. The maximum absolute atomic E-state index is 10.1. The molecule has 0 spiro atoms. The molecule has 56 valence electrons. The van der Waals surface area contributed by atoms with Crippen LogP contribution in [0.2, 0.25) is 0 Å². The molecule has 0 unspecified atom stereocenters. The van der Waals surface area contributed by atoms with Gasteiger partial charge in [-0.15, -0.1) is 10.6 Å². The zero-order chi connectivity index (χ0) is 7.56. The lowest BCUT2D eigenvalue weighted by Crippen LogP contribution is -2.43. The molecule has 0 saturated carbocycles. The minimum Gasteiger partial charge on any atom is -0.480 e. The Bertz CT molecular complexity index is 178. The third kappa shape index (κ3) is 1.35. The molecule has 3 N–H and O–H groups in total. The van der Waals surface area contributed by atoms with Crippen LogP contribution in [-0.4, -0.2) is 28.5 Å². The van der Waals surface area contributed by atoms with Gasteiger partial charge in [-0.25, -0.2) is 5.53 Å². The minimum absolute atomic E-state index is 0.0949. The lowest BCUT2D eigenvalue weighted by molar-refractivity contribution is -0.137. The van der Waals surface area contributed by atoms with E-state index in [1.807, 2.05) is 0 Å². The van der Waals surface area contributed by atoms with Crippen LogP contribution in [0.15, 0.2) is 5.10 Å². The van der Waals surface area contributed by atoms with Gasteiger partial charge in [0.05, 0.1) is 0 Å². The first-order valence-corrected chi connectivity index (χ1v) is 2.74. The van der Waals surface area contributed by atoms with E-state index in [-0.39, 0.29) is 6.54 Å².